The Morgan fingerprint density at radius 1 is 1.12 bits per heavy atom. The van der Waals surface area contributed by atoms with Gasteiger partial charge in [0.25, 0.3) is 0 Å². The molecule has 0 aliphatic carbocycles. The molecule has 1 amide bonds. The van der Waals surface area contributed by atoms with Crippen molar-refractivity contribution in [1.82, 2.24) is 19.0 Å². The molecule has 8 heteroatoms. The fourth-order valence-corrected chi connectivity index (χ4v) is 4.68. The van der Waals surface area contributed by atoms with Crippen LogP contribution >= 0.6 is 11.6 Å². The largest absolute Gasteiger partial charge is 0.457 e. The molecular weight excluding hydrogens is 452 g/mol. The minimum atomic E-state index is -0.163. The summed E-state index contributed by atoms with van der Waals surface area (Å²) in [5.41, 5.74) is 2.04. The first-order chi connectivity index (χ1) is 16.5. The van der Waals surface area contributed by atoms with E-state index >= 15 is 0 Å². The van der Waals surface area contributed by atoms with Crippen LogP contribution in [-0.2, 0) is 4.79 Å². The second-order valence-corrected chi connectivity index (χ2v) is 8.63. The molecular formula is C26H23ClN4O3. The summed E-state index contributed by atoms with van der Waals surface area (Å²) >= 11 is 6.04. The Labute approximate surface area is 201 Å². The van der Waals surface area contributed by atoms with Crippen LogP contribution in [0.3, 0.4) is 0 Å². The number of carbonyl (C=O) groups is 1. The third kappa shape index (κ3) is 4.10. The molecule has 2 aromatic heterocycles. The smallest absolute Gasteiger partial charge is 0.334 e. The Hall–Kier alpha value is -3.84. The number of likely N-dealkylation sites (tertiary alicyclic amines) is 1. The number of hydrogen-bond donors (Lipinski definition) is 0. The summed E-state index contributed by atoms with van der Waals surface area (Å²) in [5, 5.41) is 0.594. The molecule has 0 spiro atoms. The monoisotopic (exact) mass is 474 g/mol. The molecule has 34 heavy (non-hydrogen) atoms. The van der Waals surface area contributed by atoms with Gasteiger partial charge in [0.1, 0.15) is 11.5 Å². The van der Waals surface area contributed by atoms with Crippen LogP contribution in [0.2, 0.25) is 5.02 Å². The molecule has 172 valence electrons. The zero-order valence-electron chi connectivity index (χ0n) is 18.4. The molecule has 0 unspecified atom stereocenters. The van der Waals surface area contributed by atoms with Gasteiger partial charge < -0.3 is 9.64 Å². The highest BCUT2D eigenvalue weighted by atomic mass is 35.5. The molecule has 1 atom stereocenters. The second kappa shape index (κ2) is 9.19. The molecule has 1 aliphatic heterocycles. The zero-order valence-corrected chi connectivity index (χ0v) is 19.2. The van der Waals surface area contributed by atoms with Crippen LogP contribution in [0, 0.1) is 0 Å². The second-order valence-electron chi connectivity index (χ2n) is 8.19. The van der Waals surface area contributed by atoms with E-state index < -0.39 is 0 Å². The average Bonchev–Trinajstić information content (AvgIpc) is 3.16. The van der Waals surface area contributed by atoms with Crippen LogP contribution in [0.25, 0.3) is 16.7 Å². The molecule has 2 aromatic carbocycles. The molecule has 0 saturated carbocycles. The van der Waals surface area contributed by atoms with Crippen LogP contribution in [0.15, 0.2) is 84.4 Å². The summed E-state index contributed by atoms with van der Waals surface area (Å²) in [6.45, 7) is 4.74. The van der Waals surface area contributed by atoms with E-state index in [9.17, 15) is 9.59 Å². The summed E-state index contributed by atoms with van der Waals surface area (Å²) in [4.78, 5) is 31.9. The number of halogens is 1. The van der Waals surface area contributed by atoms with Gasteiger partial charge in [-0.1, -0.05) is 24.2 Å². The normalized spacial score (nSPS) is 15.9. The molecule has 7 nitrogen and oxygen atoms in total. The van der Waals surface area contributed by atoms with Crippen molar-refractivity contribution in [2.75, 3.05) is 13.1 Å². The van der Waals surface area contributed by atoms with Gasteiger partial charge in [-0.3, -0.25) is 18.9 Å². The van der Waals surface area contributed by atoms with Gasteiger partial charge in [0.15, 0.2) is 0 Å². The third-order valence-corrected chi connectivity index (χ3v) is 6.29. The van der Waals surface area contributed by atoms with E-state index in [1.807, 2.05) is 42.5 Å². The molecule has 5 rings (SSSR count). The number of carbonyl (C=O) groups excluding carboxylic acids is 1. The van der Waals surface area contributed by atoms with Crippen molar-refractivity contribution in [3.8, 4) is 17.2 Å². The van der Waals surface area contributed by atoms with E-state index in [1.54, 1.807) is 38.6 Å². The van der Waals surface area contributed by atoms with Gasteiger partial charge in [-0.05, 0) is 67.4 Å². The van der Waals surface area contributed by atoms with Crippen molar-refractivity contribution < 1.29 is 9.53 Å². The number of pyridine rings is 1. The van der Waals surface area contributed by atoms with Crippen molar-refractivity contribution in [1.29, 1.82) is 0 Å². The maximum absolute atomic E-state index is 13.7. The number of rotatable bonds is 5. The van der Waals surface area contributed by atoms with Gasteiger partial charge in [0.2, 0.25) is 5.91 Å². The molecule has 1 saturated heterocycles. The van der Waals surface area contributed by atoms with Gasteiger partial charge in [0.05, 0.1) is 29.0 Å². The van der Waals surface area contributed by atoms with Crippen molar-refractivity contribution in [3.63, 3.8) is 0 Å². The number of nitrogens with zero attached hydrogens (tertiary/aromatic N) is 4. The first-order valence-corrected chi connectivity index (χ1v) is 11.4. The zero-order chi connectivity index (χ0) is 23.7. The van der Waals surface area contributed by atoms with E-state index in [4.69, 9.17) is 16.3 Å². The Bertz CT molecular complexity index is 1420. The molecule has 0 bridgehead atoms. The summed E-state index contributed by atoms with van der Waals surface area (Å²) in [7, 11) is 0. The van der Waals surface area contributed by atoms with E-state index in [-0.39, 0.29) is 17.6 Å². The topological polar surface area (TPSA) is 69.4 Å². The number of aromatic nitrogens is 3. The Morgan fingerprint density at radius 2 is 1.94 bits per heavy atom. The van der Waals surface area contributed by atoms with Gasteiger partial charge in [-0.15, -0.1) is 0 Å². The summed E-state index contributed by atoms with van der Waals surface area (Å²) in [5.74, 6) is 1.15. The van der Waals surface area contributed by atoms with Crippen LogP contribution in [-0.4, -0.2) is 38.0 Å². The van der Waals surface area contributed by atoms with Crippen molar-refractivity contribution >= 4 is 28.5 Å². The SMILES string of the molecule is C=CC(=O)N1CCC[C@@H](n2c(=O)n(-c3ccc(Oc4cccc(Cl)c4)cc3)c3cnccc32)C1. The molecule has 4 aromatic rings. The number of piperidine rings is 1. The molecule has 1 fully saturated rings. The lowest BCUT2D eigenvalue weighted by molar-refractivity contribution is -0.127. The maximum Gasteiger partial charge on any atom is 0.334 e. The molecule has 1 aliphatic rings. The maximum atomic E-state index is 13.7. The highest BCUT2D eigenvalue weighted by Gasteiger charge is 2.27. The quantitative estimate of drug-likeness (QED) is 0.382. The number of hydrogen-bond acceptors (Lipinski definition) is 4. The van der Waals surface area contributed by atoms with Gasteiger partial charge in [-0.25, -0.2) is 4.79 Å². The van der Waals surface area contributed by atoms with Crippen molar-refractivity contribution in [2.24, 2.45) is 0 Å². The minimum absolute atomic E-state index is 0.113. The number of benzene rings is 2. The molecule has 3 heterocycles. The lowest BCUT2D eigenvalue weighted by Crippen LogP contribution is -2.42. The van der Waals surface area contributed by atoms with Crippen LogP contribution < -0.4 is 10.4 Å². The van der Waals surface area contributed by atoms with Crippen LogP contribution in [0.5, 0.6) is 11.5 Å². The number of ether oxygens (including phenoxy) is 1. The standard InChI is InChI=1S/C26H23ClN4O3/c1-2-25(32)29-14-4-6-20(17-29)31-23-12-13-28-16-24(23)30(26(31)33)19-8-10-21(11-9-19)34-22-7-3-5-18(27)15-22/h2-3,5,7-13,15-16,20H,1,4,6,14,17H2/t20-/m1/s1. The van der Waals surface area contributed by atoms with Crippen LogP contribution in [0.1, 0.15) is 18.9 Å². The summed E-state index contributed by atoms with van der Waals surface area (Å²) in [6, 6.07) is 16.2. The predicted octanol–water partition coefficient (Wildman–Crippen LogP) is 4.98. The molecule has 0 radical (unpaired) electrons. The minimum Gasteiger partial charge on any atom is -0.457 e. The highest BCUT2D eigenvalue weighted by molar-refractivity contribution is 6.30. The van der Waals surface area contributed by atoms with Crippen LogP contribution in [0.4, 0.5) is 0 Å². The van der Waals surface area contributed by atoms with Gasteiger partial charge in [0, 0.05) is 24.3 Å². The molecule has 0 N–H and O–H groups in total. The Morgan fingerprint density at radius 3 is 2.71 bits per heavy atom. The van der Waals surface area contributed by atoms with E-state index in [0.717, 1.165) is 18.4 Å². The average molecular weight is 475 g/mol. The fraction of sp³-hybridized carbons (Fsp3) is 0.192. The third-order valence-electron chi connectivity index (χ3n) is 6.05. The lowest BCUT2D eigenvalue weighted by Gasteiger charge is -2.32. The lowest BCUT2D eigenvalue weighted by atomic mass is 10.1. The highest BCUT2D eigenvalue weighted by Crippen LogP contribution is 2.28. The fourth-order valence-electron chi connectivity index (χ4n) is 4.50. The van der Waals surface area contributed by atoms with E-state index in [2.05, 4.69) is 11.6 Å². The van der Waals surface area contributed by atoms with Crippen molar-refractivity contribution in [2.45, 2.75) is 18.9 Å². The number of fused-ring (bicyclic) bond motifs is 1. The van der Waals surface area contributed by atoms with Gasteiger partial charge in [-0.2, -0.15) is 0 Å². The summed E-state index contributed by atoms with van der Waals surface area (Å²) in [6.07, 6.45) is 6.34. The Kier molecular flexibility index (Phi) is 5.94. The first kappa shape index (κ1) is 22.0. The van der Waals surface area contributed by atoms with Gasteiger partial charge >= 0.3 is 5.69 Å². The van der Waals surface area contributed by atoms with Crippen molar-refractivity contribution in [3.05, 3.63) is 95.2 Å². The Balaban J connectivity index is 1.51. The van der Waals surface area contributed by atoms with E-state index in [0.29, 0.717) is 40.8 Å². The number of imidazole rings is 1. The first-order valence-electron chi connectivity index (χ1n) is 11.1. The number of amides is 1. The summed E-state index contributed by atoms with van der Waals surface area (Å²) < 4.78 is 9.32. The van der Waals surface area contributed by atoms with E-state index in [1.165, 1.54) is 6.08 Å². The predicted molar refractivity (Wildman–Crippen MR) is 132 cm³/mol.